The Balaban J connectivity index is 1.88. The largest absolute Gasteiger partial charge is 0.504 e. The SMILES string of the molecule is Oc1cc2c(cc1O)CCN(c1ccccc1Br)CC2. The number of hydrogen-bond donors (Lipinski definition) is 2. The molecule has 4 heteroatoms. The molecule has 0 atom stereocenters. The molecule has 3 nitrogen and oxygen atoms in total. The molecular formula is C16H16BrNO2. The highest BCUT2D eigenvalue weighted by Gasteiger charge is 2.17. The summed E-state index contributed by atoms with van der Waals surface area (Å²) in [6.45, 7) is 1.81. The Morgan fingerprint density at radius 1 is 0.900 bits per heavy atom. The molecule has 0 aliphatic carbocycles. The van der Waals surface area contributed by atoms with Gasteiger partial charge in [-0.3, -0.25) is 0 Å². The third-order valence-corrected chi connectivity index (χ3v) is 4.46. The third-order valence-electron chi connectivity index (χ3n) is 3.79. The highest BCUT2D eigenvalue weighted by atomic mass is 79.9. The fourth-order valence-corrected chi connectivity index (χ4v) is 3.24. The molecule has 0 fully saturated rings. The van der Waals surface area contributed by atoms with Crippen LogP contribution in [0.2, 0.25) is 0 Å². The maximum atomic E-state index is 9.62. The first-order chi connectivity index (χ1) is 9.65. The molecule has 20 heavy (non-hydrogen) atoms. The summed E-state index contributed by atoms with van der Waals surface area (Å²) in [5, 5.41) is 19.2. The number of phenols is 2. The lowest BCUT2D eigenvalue weighted by atomic mass is 10.0. The van der Waals surface area contributed by atoms with Crippen molar-refractivity contribution in [2.75, 3.05) is 18.0 Å². The lowest BCUT2D eigenvalue weighted by Crippen LogP contribution is -2.26. The second-order valence-electron chi connectivity index (χ2n) is 5.05. The summed E-state index contributed by atoms with van der Waals surface area (Å²) in [5.74, 6) is -0.0591. The molecular weight excluding hydrogens is 318 g/mol. The van der Waals surface area contributed by atoms with E-state index in [1.807, 2.05) is 18.2 Å². The quantitative estimate of drug-likeness (QED) is 0.785. The molecule has 0 spiro atoms. The topological polar surface area (TPSA) is 43.7 Å². The van der Waals surface area contributed by atoms with Crippen LogP contribution in [-0.4, -0.2) is 23.3 Å². The van der Waals surface area contributed by atoms with Crippen LogP contribution in [0, 0.1) is 0 Å². The number of para-hydroxylation sites is 1. The summed E-state index contributed by atoms with van der Waals surface area (Å²) < 4.78 is 1.09. The minimum Gasteiger partial charge on any atom is -0.504 e. The fourth-order valence-electron chi connectivity index (χ4n) is 2.70. The van der Waals surface area contributed by atoms with Crippen LogP contribution in [0.1, 0.15) is 11.1 Å². The van der Waals surface area contributed by atoms with Crippen LogP contribution in [0.5, 0.6) is 11.5 Å². The molecule has 0 bridgehead atoms. The zero-order valence-corrected chi connectivity index (χ0v) is 12.6. The van der Waals surface area contributed by atoms with Crippen molar-refractivity contribution in [1.82, 2.24) is 0 Å². The lowest BCUT2D eigenvalue weighted by molar-refractivity contribution is 0.402. The van der Waals surface area contributed by atoms with Gasteiger partial charge in [0.25, 0.3) is 0 Å². The second kappa shape index (κ2) is 5.37. The molecule has 1 aliphatic rings. The van der Waals surface area contributed by atoms with Crippen molar-refractivity contribution >= 4 is 21.6 Å². The molecule has 0 saturated heterocycles. The summed E-state index contributed by atoms with van der Waals surface area (Å²) in [7, 11) is 0. The van der Waals surface area contributed by atoms with E-state index in [0.29, 0.717) is 0 Å². The van der Waals surface area contributed by atoms with Crippen molar-refractivity contribution < 1.29 is 10.2 Å². The second-order valence-corrected chi connectivity index (χ2v) is 5.90. The van der Waals surface area contributed by atoms with E-state index in [-0.39, 0.29) is 11.5 Å². The van der Waals surface area contributed by atoms with Crippen molar-refractivity contribution in [1.29, 1.82) is 0 Å². The molecule has 1 heterocycles. The van der Waals surface area contributed by atoms with Crippen LogP contribution in [-0.2, 0) is 12.8 Å². The number of nitrogens with zero attached hydrogens (tertiary/aromatic N) is 1. The fraction of sp³-hybridized carbons (Fsp3) is 0.250. The van der Waals surface area contributed by atoms with Crippen LogP contribution >= 0.6 is 15.9 Å². The highest BCUT2D eigenvalue weighted by Crippen LogP contribution is 2.32. The summed E-state index contributed by atoms with van der Waals surface area (Å²) in [5.41, 5.74) is 3.43. The minimum atomic E-state index is -0.0295. The predicted octanol–water partition coefficient (Wildman–Crippen LogP) is 3.47. The number of rotatable bonds is 1. The first-order valence-electron chi connectivity index (χ1n) is 6.68. The van der Waals surface area contributed by atoms with Gasteiger partial charge in [0.15, 0.2) is 11.5 Å². The maximum Gasteiger partial charge on any atom is 0.157 e. The maximum absolute atomic E-state index is 9.62. The number of hydrogen-bond acceptors (Lipinski definition) is 3. The van der Waals surface area contributed by atoms with E-state index in [1.165, 1.54) is 5.69 Å². The molecule has 0 radical (unpaired) electrons. The Morgan fingerprint density at radius 2 is 1.45 bits per heavy atom. The Labute approximate surface area is 126 Å². The number of phenolic OH excluding ortho intramolecular Hbond substituents is 2. The van der Waals surface area contributed by atoms with Gasteiger partial charge in [-0.25, -0.2) is 0 Å². The van der Waals surface area contributed by atoms with Crippen molar-refractivity contribution in [2.24, 2.45) is 0 Å². The van der Waals surface area contributed by atoms with Gasteiger partial charge in [-0.2, -0.15) is 0 Å². The van der Waals surface area contributed by atoms with Crippen LogP contribution in [0.15, 0.2) is 40.9 Å². The summed E-state index contributed by atoms with van der Waals surface area (Å²) in [6.07, 6.45) is 1.73. The van der Waals surface area contributed by atoms with Crippen molar-refractivity contribution in [2.45, 2.75) is 12.8 Å². The van der Waals surface area contributed by atoms with Crippen molar-refractivity contribution in [3.8, 4) is 11.5 Å². The van der Waals surface area contributed by atoms with E-state index in [4.69, 9.17) is 0 Å². The zero-order chi connectivity index (χ0) is 14.1. The van der Waals surface area contributed by atoms with Crippen LogP contribution in [0.3, 0.4) is 0 Å². The van der Waals surface area contributed by atoms with Gasteiger partial charge in [0.1, 0.15) is 0 Å². The van der Waals surface area contributed by atoms with Crippen molar-refractivity contribution in [3.05, 3.63) is 52.0 Å². The van der Waals surface area contributed by atoms with E-state index in [9.17, 15) is 10.2 Å². The van der Waals surface area contributed by atoms with E-state index in [0.717, 1.165) is 41.5 Å². The molecule has 2 aromatic carbocycles. The number of anilines is 1. The molecule has 0 saturated carbocycles. The zero-order valence-electron chi connectivity index (χ0n) is 11.0. The van der Waals surface area contributed by atoms with E-state index in [2.05, 4.69) is 26.9 Å². The minimum absolute atomic E-state index is 0.0295. The molecule has 0 amide bonds. The molecule has 3 rings (SSSR count). The van der Waals surface area contributed by atoms with E-state index < -0.39 is 0 Å². The molecule has 2 aromatic rings. The number of aromatic hydroxyl groups is 2. The average molecular weight is 334 g/mol. The molecule has 0 aromatic heterocycles. The van der Waals surface area contributed by atoms with E-state index >= 15 is 0 Å². The standard InChI is InChI=1S/C16H16BrNO2/c17-13-3-1-2-4-14(13)18-7-5-11-9-15(19)16(20)10-12(11)6-8-18/h1-4,9-10,19-20H,5-8H2. The average Bonchev–Trinajstić information content (AvgIpc) is 2.63. The van der Waals surface area contributed by atoms with Gasteiger partial charge >= 0.3 is 0 Å². The molecule has 2 N–H and O–H groups in total. The first-order valence-corrected chi connectivity index (χ1v) is 7.47. The molecule has 104 valence electrons. The summed E-state index contributed by atoms with van der Waals surface area (Å²) in [4.78, 5) is 2.33. The van der Waals surface area contributed by atoms with Crippen LogP contribution < -0.4 is 4.90 Å². The third kappa shape index (κ3) is 2.48. The molecule has 0 unspecified atom stereocenters. The lowest BCUT2D eigenvalue weighted by Gasteiger charge is -2.23. The highest BCUT2D eigenvalue weighted by molar-refractivity contribution is 9.10. The van der Waals surface area contributed by atoms with Gasteiger partial charge in [-0.15, -0.1) is 0 Å². The Morgan fingerprint density at radius 3 is 2.00 bits per heavy atom. The predicted molar refractivity (Wildman–Crippen MR) is 83.5 cm³/mol. The Hall–Kier alpha value is -1.68. The number of fused-ring (bicyclic) bond motifs is 1. The Kier molecular flexibility index (Phi) is 3.57. The normalized spacial score (nSPS) is 14.8. The molecule has 1 aliphatic heterocycles. The van der Waals surface area contributed by atoms with Gasteiger partial charge in [-0.1, -0.05) is 12.1 Å². The van der Waals surface area contributed by atoms with Crippen LogP contribution in [0.25, 0.3) is 0 Å². The Bertz CT molecular complexity index is 609. The number of halogens is 1. The summed E-state index contributed by atoms with van der Waals surface area (Å²) in [6, 6.07) is 11.6. The summed E-state index contributed by atoms with van der Waals surface area (Å²) >= 11 is 3.59. The van der Waals surface area contributed by atoms with Gasteiger partial charge in [-0.05, 0) is 64.2 Å². The smallest absolute Gasteiger partial charge is 0.157 e. The van der Waals surface area contributed by atoms with Gasteiger partial charge in [0.05, 0.1) is 5.69 Å². The first kappa shape index (κ1) is 13.3. The van der Waals surface area contributed by atoms with Crippen molar-refractivity contribution in [3.63, 3.8) is 0 Å². The van der Waals surface area contributed by atoms with Gasteiger partial charge in [0.2, 0.25) is 0 Å². The van der Waals surface area contributed by atoms with E-state index in [1.54, 1.807) is 12.1 Å². The van der Waals surface area contributed by atoms with Crippen LogP contribution in [0.4, 0.5) is 5.69 Å². The van der Waals surface area contributed by atoms with Gasteiger partial charge in [0, 0.05) is 17.6 Å². The number of benzene rings is 2. The monoisotopic (exact) mass is 333 g/mol. The van der Waals surface area contributed by atoms with Gasteiger partial charge < -0.3 is 15.1 Å².